The van der Waals surface area contributed by atoms with E-state index >= 15 is 0 Å². The summed E-state index contributed by atoms with van der Waals surface area (Å²) in [5, 5.41) is 8.07. The summed E-state index contributed by atoms with van der Waals surface area (Å²) in [4.78, 5) is 18.8. The molecular formula is C15H21N5O2. The largest absolute Gasteiger partial charge is 0.339 e. The average Bonchev–Trinajstić information content (AvgIpc) is 3.16. The second-order valence-corrected chi connectivity index (χ2v) is 5.79. The van der Waals surface area contributed by atoms with E-state index in [1.807, 2.05) is 11.9 Å². The smallest absolute Gasteiger partial charge is 0.257 e. The average molecular weight is 303 g/mol. The van der Waals surface area contributed by atoms with E-state index in [9.17, 15) is 4.79 Å². The monoisotopic (exact) mass is 303 g/mol. The Morgan fingerprint density at radius 2 is 2.36 bits per heavy atom. The van der Waals surface area contributed by atoms with Gasteiger partial charge in [-0.05, 0) is 19.3 Å². The third kappa shape index (κ3) is 3.03. The van der Waals surface area contributed by atoms with E-state index in [1.54, 1.807) is 17.1 Å². The molecule has 0 saturated carbocycles. The maximum atomic E-state index is 12.5. The van der Waals surface area contributed by atoms with Crippen LogP contribution in [0, 0.1) is 0 Å². The lowest BCUT2D eigenvalue weighted by Crippen LogP contribution is -2.39. The van der Waals surface area contributed by atoms with Crippen molar-refractivity contribution in [2.75, 3.05) is 13.1 Å². The van der Waals surface area contributed by atoms with Gasteiger partial charge in [-0.2, -0.15) is 10.1 Å². The van der Waals surface area contributed by atoms with Gasteiger partial charge < -0.3 is 9.42 Å². The minimum atomic E-state index is 0.0195. The number of hydrogen-bond acceptors (Lipinski definition) is 5. The SMILES string of the molecule is CCCc1noc([C@@H]2CCCN(C(=O)c3cnn(C)c3)C2)n1. The van der Waals surface area contributed by atoms with Gasteiger partial charge in [-0.25, -0.2) is 0 Å². The molecule has 3 rings (SSSR count). The Kier molecular flexibility index (Phi) is 4.22. The minimum absolute atomic E-state index is 0.0195. The van der Waals surface area contributed by atoms with Crippen molar-refractivity contribution in [2.45, 2.75) is 38.5 Å². The third-order valence-electron chi connectivity index (χ3n) is 3.97. The van der Waals surface area contributed by atoms with Gasteiger partial charge in [0.15, 0.2) is 5.82 Å². The fraction of sp³-hybridized carbons (Fsp3) is 0.600. The Morgan fingerprint density at radius 1 is 1.50 bits per heavy atom. The number of likely N-dealkylation sites (tertiary alicyclic amines) is 1. The van der Waals surface area contributed by atoms with Crippen molar-refractivity contribution in [3.8, 4) is 0 Å². The molecule has 1 atom stereocenters. The van der Waals surface area contributed by atoms with E-state index in [0.29, 0.717) is 18.0 Å². The van der Waals surface area contributed by atoms with Crippen LogP contribution in [0.1, 0.15) is 54.2 Å². The van der Waals surface area contributed by atoms with Crippen molar-refractivity contribution in [2.24, 2.45) is 7.05 Å². The molecule has 0 aliphatic carbocycles. The first-order valence-corrected chi connectivity index (χ1v) is 7.77. The number of amides is 1. The molecule has 0 unspecified atom stereocenters. The zero-order valence-electron chi connectivity index (χ0n) is 13.0. The van der Waals surface area contributed by atoms with E-state index < -0.39 is 0 Å². The molecular weight excluding hydrogens is 282 g/mol. The van der Waals surface area contributed by atoms with Gasteiger partial charge in [-0.3, -0.25) is 9.48 Å². The van der Waals surface area contributed by atoms with Gasteiger partial charge in [0.1, 0.15) is 0 Å². The first-order valence-electron chi connectivity index (χ1n) is 7.77. The molecule has 0 spiro atoms. The van der Waals surface area contributed by atoms with Crippen LogP contribution < -0.4 is 0 Å². The highest BCUT2D eigenvalue weighted by molar-refractivity contribution is 5.93. The fourth-order valence-electron chi connectivity index (χ4n) is 2.84. The minimum Gasteiger partial charge on any atom is -0.339 e. The molecule has 0 aromatic carbocycles. The Morgan fingerprint density at radius 3 is 3.09 bits per heavy atom. The second kappa shape index (κ2) is 6.29. The number of hydrogen-bond donors (Lipinski definition) is 0. The molecule has 2 aromatic rings. The summed E-state index contributed by atoms with van der Waals surface area (Å²) in [6, 6.07) is 0. The Balaban J connectivity index is 1.69. The quantitative estimate of drug-likeness (QED) is 0.860. The van der Waals surface area contributed by atoms with Crippen LogP contribution in [0.2, 0.25) is 0 Å². The molecule has 7 heteroatoms. The van der Waals surface area contributed by atoms with Gasteiger partial charge in [0.05, 0.1) is 17.7 Å². The van der Waals surface area contributed by atoms with Crippen molar-refractivity contribution in [1.82, 2.24) is 24.8 Å². The normalized spacial score (nSPS) is 18.6. The molecule has 22 heavy (non-hydrogen) atoms. The standard InChI is InChI=1S/C15H21N5O2/c1-3-5-13-17-14(22-18-13)11-6-4-7-20(10-11)15(21)12-8-16-19(2)9-12/h8-9,11H,3-7,10H2,1-2H3/t11-/m1/s1. The van der Waals surface area contributed by atoms with Crippen LogP contribution in [-0.2, 0) is 13.5 Å². The van der Waals surface area contributed by atoms with Crippen LogP contribution in [0.3, 0.4) is 0 Å². The number of rotatable bonds is 4. The van der Waals surface area contributed by atoms with E-state index in [2.05, 4.69) is 22.2 Å². The summed E-state index contributed by atoms with van der Waals surface area (Å²) >= 11 is 0. The Bertz CT molecular complexity index is 648. The molecule has 1 amide bonds. The fourth-order valence-corrected chi connectivity index (χ4v) is 2.84. The van der Waals surface area contributed by atoms with E-state index in [0.717, 1.165) is 38.1 Å². The van der Waals surface area contributed by atoms with Gasteiger partial charge in [0, 0.05) is 32.8 Å². The number of aromatic nitrogens is 4. The Labute approximate surface area is 129 Å². The van der Waals surface area contributed by atoms with Gasteiger partial charge in [0.2, 0.25) is 5.89 Å². The molecule has 1 fully saturated rings. The molecule has 2 aromatic heterocycles. The van der Waals surface area contributed by atoms with Gasteiger partial charge in [-0.15, -0.1) is 0 Å². The van der Waals surface area contributed by atoms with E-state index in [-0.39, 0.29) is 11.8 Å². The van der Waals surface area contributed by atoms with Crippen LogP contribution in [0.25, 0.3) is 0 Å². The lowest BCUT2D eigenvalue weighted by atomic mass is 9.97. The molecule has 0 radical (unpaired) electrons. The van der Waals surface area contributed by atoms with Gasteiger partial charge in [-0.1, -0.05) is 12.1 Å². The maximum Gasteiger partial charge on any atom is 0.257 e. The predicted octanol–water partition coefficient (Wildman–Crippen LogP) is 1.78. The summed E-state index contributed by atoms with van der Waals surface area (Å²) in [5.74, 6) is 1.57. The van der Waals surface area contributed by atoms with Crippen molar-refractivity contribution in [1.29, 1.82) is 0 Å². The summed E-state index contributed by atoms with van der Waals surface area (Å²) in [7, 11) is 1.81. The lowest BCUT2D eigenvalue weighted by Gasteiger charge is -2.30. The van der Waals surface area contributed by atoms with Crippen LogP contribution in [-0.4, -0.2) is 43.8 Å². The predicted molar refractivity (Wildman–Crippen MR) is 79.4 cm³/mol. The third-order valence-corrected chi connectivity index (χ3v) is 3.97. The zero-order valence-corrected chi connectivity index (χ0v) is 13.0. The molecule has 3 heterocycles. The number of carbonyl (C=O) groups excluding carboxylic acids is 1. The molecule has 7 nitrogen and oxygen atoms in total. The summed E-state index contributed by atoms with van der Waals surface area (Å²) in [5.41, 5.74) is 0.625. The molecule has 1 saturated heterocycles. The molecule has 1 aliphatic heterocycles. The zero-order chi connectivity index (χ0) is 15.5. The number of piperidine rings is 1. The highest BCUT2D eigenvalue weighted by Crippen LogP contribution is 2.26. The number of aryl methyl sites for hydroxylation is 2. The highest BCUT2D eigenvalue weighted by atomic mass is 16.5. The number of nitrogens with zero attached hydrogens (tertiary/aromatic N) is 5. The highest BCUT2D eigenvalue weighted by Gasteiger charge is 2.29. The van der Waals surface area contributed by atoms with Crippen LogP contribution in [0.15, 0.2) is 16.9 Å². The first-order chi connectivity index (χ1) is 10.7. The van der Waals surface area contributed by atoms with Crippen molar-refractivity contribution < 1.29 is 9.32 Å². The topological polar surface area (TPSA) is 77.0 Å². The van der Waals surface area contributed by atoms with Crippen molar-refractivity contribution in [3.05, 3.63) is 29.7 Å². The first kappa shape index (κ1) is 14.7. The number of carbonyl (C=O) groups is 1. The van der Waals surface area contributed by atoms with Crippen molar-refractivity contribution >= 4 is 5.91 Å². The van der Waals surface area contributed by atoms with E-state index in [4.69, 9.17) is 4.52 Å². The van der Waals surface area contributed by atoms with Crippen LogP contribution in [0.5, 0.6) is 0 Å². The molecule has 0 N–H and O–H groups in total. The molecule has 0 bridgehead atoms. The summed E-state index contributed by atoms with van der Waals surface area (Å²) in [6.45, 7) is 3.48. The van der Waals surface area contributed by atoms with Crippen molar-refractivity contribution in [3.63, 3.8) is 0 Å². The lowest BCUT2D eigenvalue weighted by molar-refractivity contribution is 0.0695. The van der Waals surface area contributed by atoms with Crippen LogP contribution >= 0.6 is 0 Å². The molecule has 1 aliphatic rings. The maximum absolute atomic E-state index is 12.5. The second-order valence-electron chi connectivity index (χ2n) is 5.79. The summed E-state index contributed by atoms with van der Waals surface area (Å²) in [6.07, 6.45) is 7.10. The Hall–Kier alpha value is -2.18. The molecule has 118 valence electrons. The van der Waals surface area contributed by atoms with Gasteiger partial charge in [0.25, 0.3) is 5.91 Å². The summed E-state index contributed by atoms with van der Waals surface area (Å²) < 4.78 is 7.02. The van der Waals surface area contributed by atoms with Crippen LogP contribution in [0.4, 0.5) is 0 Å². The van der Waals surface area contributed by atoms with Gasteiger partial charge >= 0.3 is 0 Å². The van der Waals surface area contributed by atoms with E-state index in [1.165, 1.54) is 0 Å².